The molecule has 4 aromatic carbocycles. The molecule has 0 bridgehead atoms. The minimum absolute atomic E-state index is 0.0384. The molecule has 5 rings (SSSR count). The molecule has 4 aromatic rings. The van der Waals surface area contributed by atoms with Crippen molar-refractivity contribution in [3.8, 4) is 22.3 Å². The van der Waals surface area contributed by atoms with E-state index in [9.17, 15) is 4.79 Å². The third-order valence-electron chi connectivity index (χ3n) is 5.80. The number of hydrogen-bond acceptors (Lipinski definition) is 2. The summed E-state index contributed by atoms with van der Waals surface area (Å²) in [7, 11) is 0. The van der Waals surface area contributed by atoms with Crippen LogP contribution in [0.15, 0.2) is 84.9 Å². The maximum Gasteiger partial charge on any atom is 0.194 e. The summed E-state index contributed by atoms with van der Waals surface area (Å²) >= 11 is 6.04. The molecule has 0 heterocycles. The molecule has 0 amide bonds. The van der Waals surface area contributed by atoms with Gasteiger partial charge >= 0.3 is 0 Å². The van der Waals surface area contributed by atoms with Gasteiger partial charge in [-0.1, -0.05) is 108 Å². The van der Waals surface area contributed by atoms with E-state index in [2.05, 4.69) is 74.5 Å². The Hall–Kier alpha value is -3.36. The molecule has 0 spiro atoms. The first kappa shape index (κ1) is 18.7. The number of carbonyl (C=O) groups is 1. The zero-order valence-corrected chi connectivity index (χ0v) is 17.7. The number of benzene rings is 4. The SMILES string of the molecule is Cc1ccc(-c2cccc3c2C(=S)c2c(cccc2-c2ccc(C)cc2)C3=O)cc1. The van der Waals surface area contributed by atoms with Crippen LogP contribution in [0.1, 0.15) is 38.2 Å². The topological polar surface area (TPSA) is 17.1 Å². The molecular formula is C28H20OS. The van der Waals surface area contributed by atoms with Crippen LogP contribution in [0.25, 0.3) is 22.3 Å². The highest BCUT2D eigenvalue weighted by Gasteiger charge is 2.31. The van der Waals surface area contributed by atoms with E-state index in [1.807, 2.05) is 24.3 Å². The van der Waals surface area contributed by atoms with Gasteiger partial charge in [-0.05, 0) is 36.1 Å². The summed E-state index contributed by atoms with van der Waals surface area (Å²) in [6.07, 6.45) is 0. The Labute approximate surface area is 182 Å². The standard InChI is InChI=1S/C28H20OS/c1-17-9-13-19(14-10-17)21-5-3-7-23-25(21)28(30)26-22(6-4-8-24(26)27(23)29)20-15-11-18(2)12-16-20/h3-16H,1-2H3. The van der Waals surface area contributed by atoms with Gasteiger partial charge in [0.1, 0.15) is 0 Å². The van der Waals surface area contributed by atoms with Crippen molar-refractivity contribution in [2.45, 2.75) is 13.8 Å². The molecule has 1 nitrogen and oxygen atoms in total. The Morgan fingerprint density at radius 3 is 1.30 bits per heavy atom. The molecule has 0 unspecified atom stereocenters. The average Bonchev–Trinajstić information content (AvgIpc) is 2.77. The van der Waals surface area contributed by atoms with Crippen LogP contribution in [0.5, 0.6) is 0 Å². The second kappa shape index (κ2) is 7.16. The van der Waals surface area contributed by atoms with Crippen molar-refractivity contribution >= 4 is 22.9 Å². The summed E-state index contributed by atoms with van der Waals surface area (Å²) in [6.45, 7) is 4.14. The summed E-state index contributed by atoms with van der Waals surface area (Å²) in [6, 6.07) is 28.5. The summed E-state index contributed by atoms with van der Waals surface area (Å²) in [5.74, 6) is 0.0384. The molecule has 0 radical (unpaired) electrons. The van der Waals surface area contributed by atoms with Crippen molar-refractivity contribution in [2.75, 3.05) is 0 Å². The first-order valence-corrected chi connectivity index (χ1v) is 10.4. The average molecular weight is 405 g/mol. The fraction of sp³-hybridized carbons (Fsp3) is 0.0714. The Kier molecular flexibility index (Phi) is 4.45. The number of fused-ring (bicyclic) bond motifs is 2. The molecule has 0 saturated heterocycles. The zero-order valence-electron chi connectivity index (χ0n) is 16.9. The molecule has 0 N–H and O–H groups in total. The second-order valence-corrected chi connectivity index (χ2v) is 8.25. The first-order chi connectivity index (χ1) is 14.5. The monoisotopic (exact) mass is 404 g/mol. The fourth-order valence-electron chi connectivity index (χ4n) is 4.19. The van der Waals surface area contributed by atoms with E-state index in [0.29, 0.717) is 11.1 Å². The summed E-state index contributed by atoms with van der Waals surface area (Å²) in [5.41, 5.74) is 9.68. The van der Waals surface area contributed by atoms with Crippen LogP contribution in [-0.2, 0) is 0 Å². The Balaban J connectivity index is 1.75. The Bertz CT molecular complexity index is 1210. The lowest BCUT2D eigenvalue weighted by atomic mass is 9.78. The van der Waals surface area contributed by atoms with Gasteiger partial charge in [0.15, 0.2) is 5.78 Å². The van der Waals surface area contributed by atoms with E-state index in [4.69, 9.17) is 12.2 Å². The molecule has 30 heavy (non-hydrogen) atoms. The normalized spacial score (nSPS) is 12.5. The lowest BCUT2D eigenvalue weighted by molar-refractivity contribution is 0.103. The maximum atomic E-state index is 13.5. The quantitative estimate of drug-likeness (QED) is 0.296. The van der Waals surface area contributed by atoms with Gasteiger partial charge in [0.25, 0.3) is 0 Å². The van der Waals surface area contributed by atoms with Crippen LogP contribution in [0.3, 0.4) is 0 Å². The second-order valence-electron chi connectivity index (χ2n) is 7.85. The van der Waals surface area contributed by atoms with Crippen LogP contribution in [0.2, 0.25) is 0 Å². The van der Waals surface area contributed by atoms with Crippen molar-refractivity contribution in [3.63, 3.8) is 0 Å². The first-order valence-electron chi connectivity index (χ1n) is 10.0. The van der Waals surface area contributed by atoms with E-state index in [0.717, 1.165) is 38.2 Å². The number of carbonyl (C=O) groups excluding carboxylic acids is 1. The predicted octanol–water partition coefficient (Wildman–Crippen LogP) is 6.95. The molecule has 1 aliphatic rings. The molecule has 1 aliphatic carbocycles. The lowest BCUT2D eigenvalue weighted by Gasteiger charge is -2.25. The smallest absolute Gasteiger partial charge is 0.194 e. The number of ketones is 1. The predicted molar refractivity (Wildman–Crippen MR) is 127 cm³/mol. The number of hydrogen-bond donors (Lipinski definition) is 0. The third-order valence-corrected chi connectivity index (χ3v) is 6.21. The highest BCUT2D eigenvalue weighted by Crippen LogP contribution is 2.39. The lowest BCUT2D eigenvalue weighted by Crippen LogP contribution is -2.22. The highest BCUT2D eigenvalue weighted by atomic mass is 32.1. The Morgan fingerprint density at radius 1 is 0.533 bits per heavy atom. The van der Waals surface area contributed by atoms with Gasteiger partial charge in [0.2, 0.25) is 0 Å². The molecule has 2 heteroatoms. The zero-order chi connectivity index (χ0) is 20.8. The van der Waals surface area contributed by atoms with Gasteiger partial charge in [-0.25, -0.2) is 0 Å². The van der Waals surface area contributed by atoms with Gasteiger partial charge in [0, 0.05) is 22.3 Å². The van der Waals surface area contributed by atoms with Crippen molar-refractivity contribution in [2.24, 2.45) is 0 Å². The van der Waals surface area contributed by atoms with Crippen molar-refractivity contribution in [1.82, 2.24) is 0 Å². The van der Waals surface area contributed by atoms with E-state index >= 15 is 0 Å². The molecule has 144 valence electrons. The number of aryl methyl sites for hydroxylation is 2. The minimum atomic E-state index is 0.0384. The van der Waals surface area contributed by atoms with Gasteiger partial charge in [-0.15, -0.1) is 0 Å². The summed E-state index contributed by atoms with van der Waals surface area (Å²) in [5, 5.41) is 0. The van der Waals surface area contributed by atoms with Gasteiger partial charge in [-0.3, -0.25) is 4.79 Å². The molecule has 0 atom stereocenters. The molecule has 0 saturated carbocycles. The maximum absolute atomic E-state index is 13.5. The third kappa shape index (κ3) is 2.92. The van der Waals surface area contributed by atoms with Gasteiger partial charge < -0.3 is 0 Å². The van der Waals surface area contributed by atoms with Crippen molar-refractivity contribution in [1.29, 1.82) is 0 Å². The minimum Gasteiger partial charge on any atom is -0.289 e. The van der Waals surface area contributed by atoms with Crippen LogP contribution >= 0.6 is 12.2 Å². The number of rotatable bonds is 2. The number of thiocarbonyl (C=S) groups is 1. The highest BCUT2D eigenvalue weighted by molar-refractivity contribution is 7.81. The van der Waals surface area contributed by atoms with Gasteiger partial charge in [-0.2, -0.15) is 0 Å². The van der Waals surface area contributed by atoms with E-state index in [-0.39, 0.29) is 5.78 Å². The van der Waals surface area contributed by atoms with Crippen LogP contribution in [0.4, 0.5) is 0 Å². The molecule has 0 aliphatic heterocycles. The fourth-order valence-corrected chi connectivity index (χ4v) is 4.63. The van der Waals surface area contributed by atoms with E-state index < -0.39 is 0 Å². The molecular weight excluding hydrogens is 384 g/mol. The van der Waals surface area contributed by atoms with E-state index in [1.54, 1.807) is 0 Å². The molecule has 0 fully saturated rings. The molecule has 0 aromatic heterocycles. The summed E-state index contributed by atoms with van der Waals surface area (Å²) < 4.78 is 0. The van der Waals surface area contributed by atoms with Crippen LogP contribution < -0.4 is 0 Å². The van der Waals surface area contributed by atoms with Crippen LogP contribution in [0, 0.1) is 13.8 Å². The summed E-state index contributed by atoms with van der Waals surface area (Å²) in [4.78, 5) is 14.2. The van der Waals surface area contributed by atoms with Gasteiger partial charge in [0.05, 0.1) is 4.86 Å². The van der Waals surface area contributed by atoms with Crippen molar-refractivity contribution < 1.29 is 4.79 Å². The Morgan fingerprint density at radius 2 is 0.900 bits per heavy atom. The van der Waals surface area contributed by atoms with E-state index in [1.165, 1.54) is 11.1 Å². The van der Waals surface area contributed by atoms with Crippen LogP contribution in [-0.4, -0.2) is 10.6 Å². The van der Waals surface area contributed by atoms with Crippen molar-refractivity contribution in [3.05, 3.63) is 118 Å². The largest absolute Gasteiger partial charge is 0.289 e.